The van der Waals surface area contributed by atoms with E-state index in [0.717, 1.165) is 89.1 Å². The Hall–Kier alpha value is -4.74. The van der Waals surface area contributed by atoms with Gasteiger partial charge in [-0.25, -0.2) is 0 Å². The molecule has 2 aromatic rings. The molecule has 0 radical (unpaired) electrons. The highest BCUT2D eigenvalue weighted by Gasteiger charge is 2.52. The van der Waals surface area contributed by atoms with Crippen molar-refractivity contribution in [3.05, 3.63) is 106 Å². The number of carbonyl (C=O) groups excluding carboxylic acids is 1. The molecule has 5 aliphatic heterocycles. The summed E-state index contributed by atoms with van der Waals surface area (Å²) in [6, 6.07) is 9.91. The Morgan fingerprint density at radius 3 is 2.77 bits per heavy atom. The fourth-order valence-electron chi connectivity index (χ4n) is 10.7. The molecule has 10 atom stereocenters. The van der Waals surface area contributed by atoms with Crippen LogP contribution in [0.25, 0.3) is 0 Å². The lowest BCUT2D eigenvalue weighted by molar-refractivity contribution is -0.888. The van der Waals surface area contributed by atoms with E-state index in [4.69, 9.17) is 20.2 Å². The summed E-state index contributed by atoms with van der Waals surface area (Å²) in [5.74, 6) is 11.9. The molecule has 10 rings (SSSR count). The van der Waals surface area contributed by atoms with Crippen molar-refractivity contribution in [2.24, 2.45) is 33.9 Å². The summed E-state index contributed by atoms with van der Waals surface area (Å²) in [7, 11) is 0. The molecule has 0 aromatic heterocycles. The van der Waals surface area contributed by atoms with E-state index in [1.165, 1.54) is 5.56 Å². The van der Waals surface area contributed by atoms with E-state index in [1.807, 2.05) is 30.5 Å². The standard InChI is InChI=1S/C48H50N4O5/c1-28-4-8-30(9-5-28)41(55)23-32(53)11-6-29-7-17-42-43(22-29)57-47-38(48(20-21-56-42)18-2-3-19-48)15-16-40(54)34-13-14-35-44-31(24-51-46(35)49)10-12-33(45(34)44)36-25-50-39-27-52(47)26-37(36)39/h4,7-8,10,12-14,17,22,25-26,28,30-31,33,38,40-41,46-47,51,54-55H,2-3,5-6,9,11,18-19,23-24,27,49H2,1H3/p+1. The largest absolute Gasteiger partial charge is 0.437 e. The molecule has 9 nitrogen and oxygen atoms in total. The molecule has 8 aliphatic rings. The molecule has 1 spiro atoms. The van der Waals surface area contributed by atoms with Crippen LogP contribution in [0.3, 0.4) is 0 Å². The predicted molar refractivity (Wildman–Crippen MR) is 217 cm³/mol. The number of ether oxygens (including phenoxy) is 2. The van der Waals surface area contributed by atoms with Crippen LogP contribution < -0.4 is 25.4 Å². The highest BCUT2D eigenvalue weighted by Crippen LogP contribution is 2.50. The Bertz CT molecular complexity index is 2290. The predicted octanol–water partition coefficient (Wildman–Crippen LogP) is 4.95. The molecular formula is C48H51N4O5+. The second-order valence-electron chi connectivity index (χ2n) is 17.5. The van der Waals surface area contributed by atoms with Crippen LogP contribution in [0.2, 0.25) is 0 Å². The van der Waals surface area contributed by atoms with Crippen LogP contribution in [0.1, 0.15) is 110 Å². The number of hydrogen-bond donors (Lipinski definition) is 5. The Morgan fingerprint density at radius 2 is 1.93 bits per heavy atom. The number of fused-ring (bicyclic) bond motifs is 6. The maximum absolute atomic E-state index is 13.1. The number of allylic oxidation sites excluding steroid dienone is 3. The molecule has 5 heterocycles. The van der Waals surface area contributed by atoms with Crippen LogP contribution in [-0.2, 0) is 11.2 Å². The zero-order valence-corrected chi connectivity index (χ0v) is 32.5. The molecule has 0 amide bonds. The lowest BCUT2D eigenvalue weighted by Crippen LogP contribution is -3.13. The highest BCUT2D eigenvalue weighted by molar-refractivity contribution is 6.08. The first-order valence-electron chi connectivity index (χ1n) is 21.0. The van der Waals surface area contributed by atoms with Crippen molar-refractivity contribution in [2.75, 3.05) is 13.1 Å². The molecule has 9 heteroatoms. The number of nitrogens with zero attached hydrogens (tertiary/aromatic N) is 1. The second kappa shape index (κ2) is 14.6. The number of rotatable bonds is 6. The number of benzene rings is 2. The molecule has 57 heavy (non-hydrogen) atoms. The number of Topliss-reactive ketones (excluding diaryl/α,β-unsaturated/α-hetero) is 1. The second-order valence-corrected chi connectivity index (χ2v) is 17.5. The summed E-state index contributed by atoms with van der Waals surface area (Å²) in [5, 5.41) is 26.4. The third kappa shape index (κ3) is 6.51. The summed E-state index contributed by atoms with van der Waals surface area (Å²) >= 11 is 0. The van der Waals surface area contributed by atoms with Crippen LogP contribution in [0.5, 0.6) is 11.5 Å². The van der Waals surface area contributed by atoms with Crippen LogP contribution in [0.4, 0.5) is 0 Å². The van der Waals surface area contributed by atoms with Gasteiger partial charge in [0, 0.05) is 43.3 Å². The first-order valence-corrected chi connectivity index (χ1v) is 21.0. The summed E-state index contributed by atoms with van der Waals surface area (Å²) in [5.41, 5.74) is 14.5. The monoisotopic (exact) mass is 763 g/mol. The maximum Gasteiger partial charge on any atom is 0.252 e. The molecule has 1 saturated carbocycles. The van der Waals surface area contributed by atoms with Gasteiger partial charge in [-0.3, -0.25) is 20.0 Å². The topological polar surface area (TPSA) is 131 Å². The van der Waals surface area contributed by atoms with E-state index in [2.05, 4.69) is 72.7 Å². The van der Waals surface area contributed by atoms with Gasteiger partial charge in [0.15, 0.2) is 11.5 Å². The number of aliphatic hydroxyl groups is 2. The van der Waals surface area contributed by atoms with E-state index < -0.39 is 23.9 Å². The van der Waals surface area contributed by atoms with Crippen molar-refractivity contribution in [2.45, 2.75) is 101 Å². The Kier molecular flexibility index (Phi) is 9.36. The maximum atomic E-state index is 13.1. The van der Waals surface area contributed by atoms with Crippen LogP contribution in [-0.4, -0.2) is 47.1 Å². The number of nitrogens with two attached hydrogens (primary N) is 1. The van der Waals surface area contributed by atoms with Gasteiger partial charge in [0.25, 0.3) is 6.23 Å². The molecular weight excluding hydrogens is 713 g/mol. The molecule has 2 aromatic carbocycles. The minimum absolute atomic E-state index is 0.0339. The fraction of sp³-hybridized carbons (Fsp3) is 0.458. The molecule has 0 saturated heterocycles. The Morgan fingerprint density at radius 1 is 1.07 bits per heavy atom. The summed E-state index contributed by atoms with van der Waals surface area (Å²) in [4.78, 5) is 19.2. The third-order valence-corrected chi connectivity index (χ3v) is 13.9. The smallest absolute Gasteiger partial charge is 0.252 e. The number of hydrogen-bond acceptors (Lipinski definition) is 8. The quantitative estimate of drug-likeness (QED) is 0.208. The van der Waals surface area contributed by atoms with Crippen molar-refractivity contribution in [3.63, 3.8) is 0 Å². The minimum Gasteiger partial charge on any atom is -0.437 e. The van der Waals surface area contributed by atoms with Gasteiger partial charge in [-0.05, 0) is 83.5 Å². The lowest BCUT2D eigenvalue weighted by Gasteiger charge is -2.38. The first-order chi connectivity index (χ1) is 27.7. The molecule has 1 fully saturated rings. The Balaban J connectivity index is 1.01. The number of quaternary nitrogens is 1. The van der Waals surface area contributed by atoms with E-state index in [0.29, 0.717) is 36.8 Å². The van der Waals surface area contributed by atoms with Gasteiger partial charge >= 0.3 is 0 Å². The van der Waals surface area contributed by atoms with Gasteiger partial charge in [-0.2, -0.15) is 0 Å². The van der Waals surface area contributed by atoms with E-state index >= 15 is 0 Å². The highest BCUT2D eigenvalue weighted by atomic mass is 16.5. The van der Waals surface area contributed by atoms with Gasteiger partial charge in [-0.15, -0.1) is 0 Å². The third-order valence-electron chi connectivity index (χ3n) is 13.9. The van der Waals surface area contributed by atoms with Crippen molar-refractivity contribution < 1.29 is 29.4 Å². The van der Waals surface area contributed by atoms with E-state index in [1.54, 1.807) is 0 Å². The van der Waals surface area contributed by atoms with Crippen LogP contribution >= 0.6 is 0 Å². The molecule has 6 N–H and O–H groups in total. The van der Waals surface area contributed by atoms with Crippen molar-refractivity contribution in [3.8, 4) is 35.4 Å². The molecule has 10 unspecified atom stereocenters. The van der Waals surface area contributed by atoms with Crippen molar-refractivity contribution in [1.82, 2.24) is 5.32 Å². The van der Waals surface area contributed by atoms with Crippen molar-refractivity contribution >= 4 is 11.5 Å². The zero-order chi connectivity index (χ0) is 38.8. The van der Waals surface area contributed by atoms with Crippen molar-refractivity contribution in [1.29, 1.82) is 0 Å². The van der Waals surface area contributed by atoms with E-state index in [9.17, 15) is 15.0 Å². The van der Waals surface area contributed by atoms with Gasteiger partial charge in [0.05, 0.1) is 23.3 Å². The zero-order valence-electron chi connectivity index (χ0n) is 32.5. The number of aliphatic imine (C=N–C) groups is 1. The van der Waals surface area contributed by atoms with Crippen LogP contribution in [0.15, 0.2) is 83.2 Å². The number of carbonyl (C=O) groups is 1. The van der Waals surface area contributed by atoms with E-state index in [-0.39, 0.29) is 42.0 Å². The summed E-state index contributed by atoms with van der Waals surface area (Å²) in [6.07, 6.45) is 20.4. The Labute approximate surface area is 334 Å². The molecule has 3 aliphatic carbocycles. The van der Waals surface area contributed by atoms with Gasteiger partial charge in [-0.1, -0.05) is 80.0 Å². The first kappa shape index (κ1) is 36.6. The lowest BCUT2D eigenvalue weighted by atomic mass is 9.71. The SMILES string of the molecule is CC1C=CC(C(O)CC(=O)CCc2ccc3c(c2)OC2C(C#CC(O)c4ccc5c6c4C(C=CC6CNC5N)C4=CN=C5C[NH+]2C=C45)C2(C#CO3)CCCC2)CC1. The summed E-state index contributed by atoms with van der Waals surface area (Å²) in [6.45, 7) is 3.54. The molecule has 292 valence electrons. The normalized spacial score (nSPS) is 32.6. The average Bonchev–Trinajstić information content (AvgIpc) is 3.96. The fourth-order valence-corrected chi connectivity index (χ4v) is 10.7. The number of ketones is 1. The number of aliphatic hydroxyl groups excluding tert-OH is 2. The average molecular weight is 764 g/mol. The number of nitrogens with one attached hydrogen (secondary N) is 2. The minimum atomic E-state index is -1.03. The number of aryl methyl sites for hydroxylation is 1. The van der Waals surface area contributed by atoms with Gasteiger partial charge < -0.3 is 25.4 Å². The summed E-state index contributed by atoms with van der Waals surface area (Å²) < 4.78 is 13.4. The van der Waals surface area contributed by atoms with Crippen LogP contribution in [0, 0.1) is 47.0 Å². The van der Waals surface area contributed by atoms with Gasteiger partial charge in [0.1, 0.15) is 42.4 Å². The molecule has 2 bridgehead atoms. The van der Waals surface area contributed by atoms with Gasteiger partial charge in [0.2, 0.25) is 0 Å².